The van der Waals surface area contributed by atoms with Crippen LogP contribution in [-0.4, -0.2) is 41.5 Å². The van der Waals surface area contributed by atoms with E-state index < -0.39 is 0 Å². The number of carbonyl (C=O) groups is 1. The predicted octanol–water partition coefficient (Wildman–Crippen LogP) is 1.23. The van der Waals surface area contributed by atoms with Crippen LogP contribution in [0.1, 0.15) is 23.2 Å². The Kier molecular flexibility index (Phi) is 2.85. The SMILES string of the molecule is Nc1nc2c(C(=O)NC3CN4CCC3CC4)cccc2o1. The topological polar surface area (TPSA) is 84.4 Å². The Labute approximate surface area is 122 Å². The number of aromatic nitrogens is 1. The summed E-state index contributed by atoms with van der Waals surface area (Å²) in [5.74, 6) is 0.508. The summed E-state index contributed by atoms with van der Waals surface area (Å²) in [5.41, 5.74) is 7.19. The molecule has 5 rings (SSSR count). The molecule has 3 fully saturated rings. The first kappa shape index (κ1) is 12.6. The minimum Gasteiger partial charge on any atom is -0.424 e. The fourth-order valence-electron chi connectivity index (χ4n) is 3.52. The average Bonchev–Trinajstić information content (AvgIpc) is 2.88. The third kappa shape index (κ3) is 2.15. The fourth-order valence-corrected chi connectivity index (χ4v) is 3.52. The summed E-state index contributed by atoms with van der Waals surface area (Å²) in [6, 6.07) is 5.65. The van der Waals surface area contributed by atoms with Gasteiger partial charge in [0.25, 0.3) is 11.9 Å². The highest BCUT2D eigenvalue weighted by atomic mass is 16.4. The molecule has 0 saturated carbocycles. The first-order chi connectivity index (χ1) is 10.2. The third-order valence-electron chi connectivity index (χ3n) is 4.65. The number of nitrogens with zero attached hydrogens (tertiary/aromatic N) is 2. The minimum absolute atomic E-state index is 0.0901. The molecule has 21 heavy (non-hydrogen) atoms. The molecule has 0 aliphatic carbocycles. The molecule has 3 saturated heterocycles. The Morgan fingerprint density at radius 2 is 2.19 bits per heavy atom. The fraction of sp³-hybridized carbons (Fsp3) is 0.467. The quantitative estimate of drug-likeness (QED) is 0.867. The molecule has 3 aliphatic heterocycles. The lowest BCUT2D eigenvalue weighted by Crippen LogP contribution is -2.57. The van der Waals surface area contributed by atoms with Gasteiger partial charge in [0, 0.05) is 12.6 Å². The lowest BCUT2D eigenvalue weighted by atomic mass is 9.84. The maximum atomic E-state index is 12.6. The number of nitrogen functional groups attached to an aromatic ring is 1. The molecule has 6 nitrogen and oxygen atoms in total. The predicted molar refractivity (Wildman–Crippen MR) is 78.8 cm³/mol. The van der Waals surface area contributed by atoms with Gasteiger partial charge in [-0.2, -0.15) is 4.98 Å². The van der Waals surface area contributed by atoms with Crippen LogP contribution in [0.5, 0.6) is 0 Å². The normalized spacial score (nSPS) is 27.9. The van der Waals surface area contributed by atoms with E-state index >= 15 is 0 Å². The van der Waals surface area contributed by atoms with Crippen molar-refractivity contribution in [2.75, 3.05) is 25.4 Å². The molecule has 1 aromatic carbocycles. The van der Waals surface area contributed by atoms with Crippen molar-refractivity contribution in [3.05, 3.63) is 23.8 Å². The van der Waals surface area contributed by atoms with Gasteiger partial charge >= 0.3 is 0 Å². The molecular formula is C15H18N4O2. The summed E-state index contributed by atoms with van der Waals surface area (Å²) in [4.78, 5) is 19.1. The van der Waals surface area contributed by atoms with Gasteiger partial charge in [-0.25, -0.2) is 0 Å². The standard InChI is InChI=1S/C15H18N4O2/c16-15-18-13-10(2-1-3-12(13)21-15)14(20)17-11-8-19-6-4-9(11)5-7-19/h1-3,9,11H,4-8H2,(H2,16,18)(H,17,20). The Bertz CT molecular complexity index is 688. The molecule has 3 N–H and O–H groups in total. The summed E-state index contributed by atoms with van der Waals surface area (Å²) < 4.78 is 5.28. The number of anilines is 1. The molecular weight excluding hydrogens is 268 g/mol. The zero-order chi connectivity index (χ0) is 14.4. The number of nitrogens with one attached hydrogen (secondary N) is 1. The van der Waals surface area contributed by atoms with E-state index in [0.29, 0.717) is 22.6 Å². The van der Waals surface area contributed by atoms with E-state index in [1.165, 1.54) is 12.8 Å². The van der Waals surface area contributed by atoms with Crippen molar-refractivity contribution in [2.24, 2.45) is 5.92 Å². The number of oxazole rings is 1. The highest BCUT2D eigenvalue weighted by Gasteiger charge is 2.35. The molecule has 2 bridgehead atoms. The molecule has 0 spiro atoms. The summed E-state index contributed by atoms with van der Waals surface area (Å²) in [5, 5.41) is 3.16. The Hall–Kier alpha value is -2.08. The first-order valence-corrected chi connectivity index (χ1v) is 7.39. The number of para-hydroxylation sites is 1. The summed E-state index contributed by atoms with van der Waals surface area (Å²) in [6.45, 7) is 3.27. The summed E-state index contributed by atoms with van der Waals surface area (Å²) in [6.07, 6.45) is 2.35. The van der Waals surface area contributed by atoms with Crippen LogP contribution in [-0.2, 0) is 0 Å². The molecule has 1 atom stereocenters. The van der Waals surface area contributed by atoms with Gasteiger partial charge < -0.3 is 20.4 Å². The van der Waals surface area contributed by atoms with Crippen molar-refractivity contribution in [1.29, 1.82) is 0 Å². The van der Waals surface area contributed by atoms with Gasteiger partial charge in [-0.15, -0.1) is 0 Å². The molecule has 3 aliphatic rings. The number of piperidine rings is 3. The van der Waals surface area contributed by atoms with Crippen LogP contribution in [0.3, 0.4) is 0 Å². The maximum Gasteiger partial charge on any atom is 0.293 e. The number of carbonyl (C=O) groups excluding carboxylic acids is 1. The van der Waals surface area contributed by atoms with E-state index in [0.717, 1.165) is 19.6 Å². The van der Waals surface area contributed by atoms with Crippen molar-refractivity contribution >= 4 is 23.0 Å². The van der Waals surface area contributed by atoms with E-state index in [-0.39, 0.29) is 18.0 Å². The second-order valence-corrected chi connectivity index (χ2v) is 5.92. The first-order valence-electron chi connectivity index (χ1n) is 7.39. The van der Waals surface area contributed by atoms with Gasteiger partial charge in [-0.1, -0.05) is 6.07 Å². The smallest absolute Gasteiger partial charge is 0.293 e. The van der Waals surface area contributed by atoms with Gasteiger partial charge in [0.1, 0.15) is 5.52 Å². The van der Waals surface area contributed by atoms with Crippen LogP contribution in [0.2, 0.25) is 0 Å². The van der Waals surface area contributed by atoms with Gasteiger partial charge in [0.05, 0.1) is 5.56 Å². The highest BCUT2D eigenvalue weighted by Crippen LogP contribution is 2.28. The zero-order valence-corrected chi connectivity index (χ0v) is 11.7. The van der Waals surface area contributed by atoms with Crippen LogP contribution in [0.25, 0.3) is 11.1 Å². The van der Waals surface area contributed by atoms with Gasteiger partial charge in [0.15, 0.2) is 5.58 Å². The third-order valence-corrected chi connectivity index (χ3v) is 4.65. The molecule has 0 radical (unpaired) electrons. The Morgan fingerprint density at radius 1 is 1.38 bits per heavy atom. The zero-order valence-electron chi connectivity index (χ0n) is 11.7. The minimum atomic E-state index is -0.0901. The number of rotatable bonds is 2. The van der Waals surface area contributed by atoms with Gasteiger partial charge in [-0.05, 0) is 44.0 Å². The van der Waals surface area contributed by atoms with Crippen LogP contribution in [0.4, 0.5) is 6.01 Å². The van der Waals surface area contributed by atoms with Crippen LogP contribution in [0.15, 0.2) is 22.6 Å². The lowest BCUT2D eigenvalue weighted by molar-refractivity contribution is 0.0621. The summed E-state index contributed by atoms with van der Waals surface area (Å²) in [7, 11) is 0. The number of fused-ring (bicyclic) bond motifs is 4. The van der Waals surface area contributed by atoms with Crippen LogP contribution >= 0.6 is 0 Å². The number of nitrogens with two attached hydrogens (primary N) is 1. The number of hydrogen-bond donors (Lipinski definition) is 2. The van der Waals surface area contributed by atoms with Crippen molar-refractivity contribution in [3.63, 3.8) is 0 Å². The molecule has 1 unspecified atom stereocenters. The number of amides is 1. The monoisotopic (exact) mass is 286 g/mol. The second-order valence-electron chi connectivity index (χ2n) is 5.92. The summed E-state index contributed by atoms with van der Waals surface area (Å²) >= 11 is 0. The second kappa shape index (κ2) is 4.73. The Balaban J connectivity index is 1.59. The number of benzene rings is 1. The molecule has 4 heterocycles. The maximum absolute atomic E-state index is 12.6. The molecule has 110 valence electrons. The Morgan fingerprint density at radius 3 is 2.90 bits per heavy atom. The average molecular weight is 286 g/mol. The van der Waals surface area contributed by atoms with Crippen molar-refractivity contribution in [3.8, 4) is 0 Å². The number of hydrogen-bond acceptors (Lipinski definition) is 5. The molecule has 6 heteroatoms. The largest absolute Gasteiger partial charge is 0.424 e. The van der Waals surface area contributed by atoms with E-state index in [4.69, 9.17) is 10.2 Å². The van der Waals surface area contributed by atoms with E-state index in [2.05, 4.69) is 15.2 Å². The highest BCUT2D eigenvalue weighted by molar-refractivity contribution is 6.04. The van der Waals surface area contributed by atoms with E-state index in [1.54, 1.807) is 18.2 Å². The van der Waals surface area contributed by atoms with Crippen LogP contribution in [0, 0.1) is 5.92 Å². The van der Waals surface area contributed by atoms with Gasteiger partial charge in [0.2, 0.25) is 0 Å². The lowest BCUT2D eigenvalue weighted by Gasteiger charge is -2.44. The van der Waals surface area contributed by atoms with Crippen molar-refractivity contribution < 1.29 is 9.21 Å². The van der Waals surface area contributed by atoms with E-state index in [1.807, 2.05) is 0 Å². The van der Waals surface area contributed by atoms with Crippen LogP contribution < -0.4 is 11.1 Å². The molecule has 1 amide bonds. The van der Waals surface area contributed by atoms with Crippen molar-refractivity contribution in [1.82, 2.24) is 15.2 Å². The molecule has 2 aromatic rings. The van der Waals surface area contributed by atoms with Gasteiger partial charge in [-0.3, -0.25) is 4.79 Å². The van der Waals surface area contributed by atoms with E-state index in [9.17, 15) is 4.79 Å². The molecule has 1 aromatic heterocycles. The van der Waals surface area contributed by atoms with Crippen molar-refractivity contribution in [2.45, 2.75) is 18.9 Å².